The van der Waals surface area contributed by atoms with Crippen LogP contribution in [0.15, 0.2) is 16.8 Å². The monoisotopic (exact) mass is 349 g/mol. The van der Waals surface area contributed by atoms with Crippen molar-refractivity contribution >= 4 is 28.6 Å². The van der Waals surface area contributed by atoms with Crippen molar-refractivity contribution in [3.63, 3.8) is 0 Å². The van der Waals surface area contributed by atoms with E-state index in [0.717, 1.165) is 34.2 Å². The Kier molecular flexibility index (Phi) is 5.46. The van der Waals surface area contributed by atoms with E-state index < -0.39 is 0 Å². The first-order chi connectivity index (χ1) is 11.1. The average Bonchev–Trinajstić information content (AvgIpc) is 3.25. The van der Waals surface area contributed by atoms with Crippen molar-refractivity contribution in [2.24, 2.45) is 5.92 Å². The maximum absolute atomic E-state index is 12.4. The van der Waals surface area contributed by atoms with Crippen LogP contribution in [-0.2, 0) is 0 Å². The molecule has 1 fully saturated rings. The number of aryl methyl sites for hydroxylation is 1. The van der Waals surface area contributed by atoms with Gasteiger partial charge in [-0.1, -0.05) is 6.92 Å². The molecule has 124 valence electrons. The minimum absolute atomic E-state index is 0.00903. The van der Waals surface area contributed by atoms with Gasteiger partial charge in [0.25, 0.3) is 5.91 Å². The molecule has 1 saturated heterocycles. The maximum atomic E-state index is 12.4. The second-order valence-electron chi connectivity index (χ2n) is 6.27. The van der Waals surface area contributed by atoms with E-state index in [1.54, 1.807) is 11.3 Å². The van der Waals surface area contributed by atoms with Crippen LogP contribution in [0.4, 0.5) is 0 Å². The average molecular weight is 350 g/mol. The molecule has 1 atom stereocenters. The third-order valence-electron chi connectivity index (χ3n) is 4.15. The number of nitrogens with zero attached hydrogens (tertiary/aromatic N) is 2. The summed E-state index contributed by atoms with van der Waals surface area (Å²) in [5, 5.41) is 8.11. The van der Waals surface area contributed by atoms with Gasteiger partial charge in [-0.3, -0.25) is 4.79 Å². The van der Waals surface area contributed by atoms with Gasteiger partial charge in [0.15, 0.2) is 0 Å². The molecular formula is C17H23N3OS2. The summed E-state index contributed by atoms with van der Waals surface area (Å²) in [4.78, 5) is 20.2. The summed E-state index contributed by atoms with van der Waals surface area (Å²) >= 11 is 3.13. The Balaban J connectivity index is 1.55. The molecule has 4 nitrogen and oxygen atoms in total. The van der Waals surface area contributed by atoms with Crippen molar-refractivity contribution in [1.82, 2.24) is 15.2 Å². The number of thiophene rings is 1. The predicted molar refractivity (Wildman–Crippen MR) is 97.3 cm³/mol. The van der Waals surface area contributed by atoms with Crippen LogP contribution in [0.2, 0.25) is 0 Å². The fourth-order valence-electron chi connectivity index (χ4n) is 2.93. The largest absolute Gasteiger partial charge is 0.351 e. The van der Waals surface area contributed by atoms with Crippen LogP contribution >= 0.6 is 22.7 Å². The minimum Gasteiger partial charge on any atom is -0.351 e. The summed E-state index contributed by atoms with van der Waals surface area (Å²) in [6, 6.07) is 2.04. The summed E-state index contributed by atoms with van der Waals surface area (Å²) in [6.07, 6.45) is 2.62. The molecule has 6 heteroatoms. The molecule has 0 aliphatic carbocycles. The van der Waals surface area contributed by atoms with E-state index in [4.69, 9.17) is 0 Å². The molecule has 0 spiro atoms. The molecule has 23 heavy (non-hydrogen) atoms. The van der Waals surface area contributed by atoms with Crippen LogP contribution in [0.1, 0.15) is 35.1 Å². The van der Waals surface area contributed by atoms with E-state index in [9.17, 15) is 4.79 Å². The van der Waals surface area contributed by atoms with Gasteiger partial charge in [-0.15, -0.1) is 11.3 Å². The molecule has 1 amide bonds. The zero-order valence-corrected chi connectivity index (χ0v) is 15.3. The van der Waals surface area contributed by atoms with Gasteiger partial charge in [0, 0.05) is 24.0 Å². The van der Waals surface area contributed by atoms with Crippen LogP contribution in [0.25, 0.3) is 10.6 Å². The molecule has 0 radical (unpaired) electrons. The first kappa shape index (κ1) is 16.6. The SMILES string of the molecule is Cc1nc(-c2ccsc2)sc1C(=O)NCC(C)CN1CCCC1. The zero-order chi connectivity index (χ0) is 16.2. The molecule has 1 unspecified atom stereocenters. The van der Waals surface area contributed by atoms with Gasteiger partial charge in [-0.05, 0) is 50.2 Å². The second-order valence-corrected chi connectivity index (χ2v) is 8.05. The van der Waals surface area contributed by atoms with E-state index in [2.05, 4.69) is 27.5 Å². The number of rotatable bonds is 6. The number of aromatic nitrogens is 1. The van der Waals surface area contributed by atoms with Crippen LogP contribution < -0.4 is 5.32 Å². The lowest BCUT2D eigenvalue weighted by Gasteiger charge is -2.20. The van der Waals surface area contributed by atoms with Crippen molar-refractivity contribution in [1.29, 1.82) is 0 Å². The Labute approximate surface area is 145 Å². The first-order valence-corrected chi connectivity index (χ1v) is 9.90. The number of amides is 1. The van der Waals surface area contributed by atoms with Crippen LogP contribution in [0.5, 0.6) is 0 Å². The quantitative estimate of drug-likeness (QED) is 0.866. The minimum atomic E-state index is 0.00903. The van der Waals surface area contributed by atoms with Crippen molar-refractivity contribution in [2.45, 2.75) is 26.7 Å². The van der Waals surface area contributed by atoms with Gasteiger partial charge in [-0.2, -0.15) is 11.3 Å². The standard InChI is InChI=1S/C17H23N3OS2/c1-12(10-20-6-3-4-7-20)9-18-16(21)15-13(2)19-17(23-15)14-5-8-22-11-14/h5,8,11-12H,3-4,6-7,9-10H2,1-2H3,(H,18,21). The molecule has 1 aliphatic rings. The lowest BCUT2D eigenvalue weighted by molar-refractivity contribution is 0.0948. The van der Waals surface area contributed by atoms with Gasteiger partial charge < -0.3 is 10.2 Å². The highest BCUT2D eigenvalue weighted by Gasteiger charge is 2.18. The summed E-state index contributed by atoms with van der Waals surface area (Å²) < 4.78 is 0. The van der Waals surface area contributed by atoms with Crippen molar-refractivity contribution in [3.05, 3.63) is 27.4 Å². The van der Waals surface area contributed by atoms with Crippen LogP contribution in [0.3, 0.4) is 0 Å². The number of carbonyl (C=O) groups is 1. The summed E-state index contributed by atoms with van der Waals surface area (Å²) in [7, 11) is 0. The molecule has 2 aromatic heterocycles. The zero-order valence-electron chi connectivity index (χ0n) is 13.7. The van der Waals surface area contributed by atoms with Crippen molar-refractivity contribution in [2.75, 3.05) is 26.2 Å². The van der Waals surface area contributed by atoms with Gasteiger partial charge in [0.05, 0.1) is 5.69 Å². The van der Waals surface area contributed by atoms with Crippen molar-refractivity contribution < 1.29 is 4.79 Å². The van der Waals surface area contributed by atoms with E-state index in [1.165, 1.54) is 37.3 Å². The molecule has 0 saturated carbocycles. The van der Waals surface area contributed by atoms with Crippen LogP contribution in [0, 0.1) is 12.8 Å². The Hall–Kier alpha value is -1.24. The Bertz CT molecular complexity index is 645. The maximum Gasteiger partial charge on any atom is 0.263 e. The molecule has 0 aromatic carbocycles. The summed E-state index contributed by atoms with van der Waals surface area (Å²) in [6.45, 7) is 8.32. The topological polar surface area (TPSA) is 45.2 Å². The molecule has 1 aliphatic heterocycles. The van der Waals surface area contributed by atoms with Crippen LogP contribution in [-0.4, -0.2) is 42.0 Å². The molecule has 3 rings (SSSR count). The molecule has 1 N–H and O–H groups in total. The summed E-state index contributed by atoms with van der Waals surface area (Å²) in [5.41, 5.74) is 1.92. The molecule has 2 aromatic rings. The second kappa shape index (κ2) is 7.55. The Morgan fingerprint density at radius 2 is 2.22 bits per heavy atom. The number of hydrogen-bond donors (Lipinski definition) is 1. The van der Waals surface area contributed by atoms with Gasteiger partial charge >= 0.3 is 0 Å². The Morgan fingerprint density at radius 3 is 2.91 bits per heavy atom. The third-order valence-corrected chi connectivity index (χ3v) is 6.04. The van der Waals surface area contributed by atoms with E-state index in [0.29, 0.717) is 5.92 Å². The number of nitrogens with one attached hydrogen (secondary N) is 1. The fraction of sp³-hybridized carbons (Fsp3) is 0.529. The lowest BCUT2D eigenvalue weighted by atomic mass is 10.1. The van der Waals surface area contributed by atoms with E-state index in [1.807, 2.05) is 18.4 Å². The lowest BCUT2D eigenvalue weighted by Crippen LogP contribution is -2.34. The summed E-state index contributed by atoms with van der Waals surface area (Å²) in [5.74, 6) is 0.483. The Morgan fingerprint density at radius 1 is 1.43 bits per heavy atom. The highest BCUT2D eigenvalue weighted by Crippen LogP contribution is 2.29. The van der Waals surface area contributed by atoms with Gasteiger partial charge in [0.2, 0.25) is 0 Å². The number of thiazole rings is 1. The fourth-order valence-corrected chi connectivity index (χ4v) is 4.63. The predicted octanol–water partition coefficient (Wildman–Crippen LogP) is 3.64. The van der Waals surface area contributed by atoms with Gasteiger partial charge in [-0.25, -0.2) is 4.98 Å². The number of carbonyl (C=O) groups excluding carboxylic acids is 1. The smallest absolute Gasteiger partial charge is 0.263 e. The highest BCUT2D eigenvalue weighted by molar-refractivity contribution is 7.17. The molecule has 3 heterocycles. The number of hydrogen-bond acceptors (Lipinski definition) is 5. The molecular weight excluding hydrogens is 326 g/mol. The normalized spacial score (nSPS) is 16.6. The first-order valence-electron chi connectivity index (χ1n) is 8.14. The molecule has 0 bridgehead atoms. The van der Waals surface area contributed by atoms with E-state index in [-0.39, 0.29) is 5.91 Å². The number of likely N-dealkylation sites (tertiary alicyclic amines) is 1. The van der Waals surface area contributed by atoms with Crippen molar-refractivity contribution in [3.8, 4) is 10.6 Å². The van der Waals surface area contributed by atoms with E-state index >= 15 is 0 Å². The van der Waals surface area contributed by atoms with Gasteiger partial charge in [0.1, 0.15) is 9.88 Å². The highest BCUT2D eigenvalue weighted by atomic mass is 32.1. The third kappa shape index (κ3) is 4.19.